The summed E-state index contributed by atoms with van der Waals surface area (Å²) in [5, 5.41) is 13.1. The van der Waals surface area contributed by atoms with E-state index in [4.69, 9.17) is 11.6 Å². The maximum Gasteiger partial charge on any atom is 0.182 e. The van der Waals surface area contributed by atoms with Crippen molar-refractivity contribution in [1.29, 1.82) is 0 Å². The van der Waals surface area contributed by atoms with E-state index < -0.39 is 0 Å². The van der Waals surface area contributed by atoms with E-state index >= 15 is 0 Å². The maximum absolute atomic E-state index is 12.4. The van der Waals surface area contributed by atoms with Gasteiger partial charge in [-0.3, -0.25) is 0 Å². The molecule has 1 unspecified atom stereocenters. The number of hydrogen-bond acceptors (Lipinski definition) is 2. The van der Waals surface area contributed by atoms with Gasteiger partial charge in [-0.15, -0.1) is 0 Å². The first-order valence-electron chi connectivity index (χ1n) is 8.48. The van der Waals surface area contributed by atoms with E-state index in [1.165, 1.54) is 4.90 Å². The van der Waals surface area contributed by atoms with E-state index in [-0.39, 0.29) is 6.04 Å². The van der Waals surface area contributed by atoms with E-state index in [0.717, 1.165) is 20.8 Å². The minimum absolute atomic E-state index is 0.187. The monoisotopic (exact) mass is 381 g/mol. The van der Waals surface area contributed by atoms with Crippen molar-refractivity contribution in [3.05, 3.63) is 100 Å². The summed E-state index contributed by atoms with van der Waals surface area (Å²) in [6, 6.07) is 25.7. The molecule has 0 saturated carbocycles. The number of rotatable bonds is 6. The third kappa shape index (κ3) is 5.13. The van der Waals surface area contributed by atoms with Crippen molar-refractivity contribution in [3.63, 3.8) is 0 Å². The third-order valence-electron chi connectivity index (χ3n) is 4.04. The Labute approximate surface area is 163 Å². The molecule has 0 bridgehead atoms. The van der Waals surface area contributed by atoms with Crippen LogP contribution in [0.2, 0.25) is 5.02 Å². The smallest absolute Gasteiger partial charge is 0.182 e. The fraction of sp³-hybridized carbons (Fsp3) is 0.136. The van der Waals surface area contributed by atoms with Gasteiger partial charge in [-0.2, -0.15) is 0 Å². The standard InChI is InChI=1S/C22H20ClNOS/c1-17(15-19-7-5-6-10-22(19)23)24(25)16-18-11-13-21(14-12-18)26-20-8-3-2-4-9-20/h2-14,16-17H,15H2,1H3/b24-16+. The molecular formula is C22H20ClNOS. The summed E-state index contributed by atoms with van der Waals surface area (Å²) in [7, 11) is 0. The summed E-state index contributed by atoms with van der Waals surface area (Å²) in [4.78, 5) is 2.35. The topological polar surface area (TPSA) is 26.1 Å². The highest BCUT2D eigenvalue weighted by Crippen LogP contribution is 2.27. The average Bonchev–Trinajstić information content (AvgIpc) is 2.66. The molecular weight excluding hydrogens is 362 g/mol. The van der Waals surface area contributed by atoms with E-state index in [9.17, 15) is 5.21 Å². The van der Waals surface area contributed by atoms with E-state index in [0.29, 0.717) is 11.4 Å². The summed E-state index contributed by atoms with van der Waals surface area (Å²) < 4.78 is 1.00. The number of benzene rings is 3. The van der Waals surface area contributed by atoms with Gasteiger partial charge < -0.3 is 5.21 Å². The van der Waals surface area contributed by atoms with Crippen LogP contribution in [0.5, 0.6) is 0 Å². The van der Waals surface area contributed by atoms with Crippen LogP contribution in [0.4, 0.5) is 0 Å². The van der Waals surface area contributed by atoms with Crippen LogP contribution < -0.4 is 0 Å². The second-order valence-corrected chi connectivity index (χ2v) is 7.67. The van der Waals surface area contributed by atoms with Crippen LogP contribution in [0.3, 0.4) is 0 Å². The zero-order valence-electron chi connectivity index (χ0n) is 14.5. The normalized spacial score (nSPS) is 12.8. The molecule has 26 heavy (non-hydrogen) atoms. The highest BCUT2D eigenvalue weighted by atomic mass is 35.5. The Kier molecular flexibility index (Phi) is 6.37. The van der Waals surface area contributed by atoms with Crippen LogP contribution in [-0.2, 0) is 6.42 Å². The molecule has 0 N–H and O–H groups in total. The Balaban J connectivity index is 1.66. The molecule has 0 spiro atoms. The van der Waals surface area contributed by atoms with Gasteiger partial charge in [0.2, 0.25) is 0 Å². The van der Waals surface area contributed by atoms with Gasteiger partial charge in [0.25, 0.3) is 0 Å². The molecule has 132 valence electrons. The van der Waals surface area contributed by atoms with Crippen molar-refractivity contribution >= 4 is 29.6 Å². The second kappa shape index (κ2) is 8.93. The summed E-state index contributed by atoms with van der Waals surface area (Å²) in [6.07, 6.45) is 2.25. The third-order valence-corrected chi connectivity index (χ3v) is 5.43. The fourth-order valence-electron chi connectivity index (χ4n) is 2.59. The summed E-state index contributed by atoms with van der Waals surface area (Å²) in [5.41, 5.74) is 1.88. The molecule has 0 saturated heterocycles. The lowest BCUT2D eigenvalue weighted by Gasteiger charge is -2.13. The molecule has 2 nitrogen and oxygen atoms in total. The Hall–Kier alpha value is -2.23. The summed E-state index contributed by atoms with van der Waals surface area (Å²) in [5.74, 6) is 0. The van der Waals surface area contributed by atoms with Gasteiger partial charge in [0, 0.05) is 26.8 Å². The van der Waals surface area contributed by atoms with Gasteiger partial charge in [0.15, 0.2) is 12.3 Å². The molecule has 4 heteroatoms. The van der Waals surface area contributed by atoms with E-state index in [1.54, 1.807) is 18.0 Å². The molecule has 0 heterocycles. The second-order valence-electron chi connectivity index (χ2n) is 6.12. The largest absolute Gasteiger partial charge is 0.624 e. The zero-order valence-corrected chi connectivity index (χ0v) is 16.1. The van der Waals surface area contributed by atoms with Gasteiger partial charge in [-0.25, -0.2) is 4.74 Å². The van der Waals surface area contributed by atoms with Crippen molar-refractivity contribution < 1.29 is 4.74 Å². The van der Waals surface area contributed by atoms with Crippen molar-refractivity contribution in [2.24, 2.45) is 0 Å². The van der Waals surface area contributed by atoms with Crippen molar-refractivity contribution in [3.8, 4) is 0 Å². The minimum Gasteiger partial charge on any atom is -0.624 e. The van der Waals surface area contributed by atoms with Crippen molar-refractivity contribution in [2.45, 2.75) is 29.2 Å². The molecule has 0 aliphatic heterocycles. The van der Waals surface area contributed by atoms with Crippen molar-refractivity contribution in [2.75, 3.05) is 0 Å². The zero-order chi connectivity index (χ0) is 18.4. The lowest BCUT2D eigenvalue weighted by molar-refractivity contribution is -0.491. The molecule has 1 atom stereocenters. The van der Waals surface area contributed by atoms with E-state index in [1.807, 2.05) is 73.7 Å². The molecule has 3 rings (SSSR count). The Morgan fingerprint density at radius 3 is 2.23 bits per heavy atom. The molecule has 0 radical (unpaired) electrons. The predicted octanol–water partition coefficient (Wildman–Crippen LogP) is 6.05. The number of hydrogen-bond donors (Lipinski definition) is 0. The molecule has 3 aromatic carbocycles. The Morgan fingerprint density at radius 1 is 0.923 bits per heavy atom. The average molecular weight is 382 g/mol. The Bertz CT molecular complexity index is 878. The SMILES string of the molecule is CC(Cc1ccccc1Cl)/[N+]([O-])=C\c1ccc(Sc2ccccc2)cc1. The van der Waals surface area contributed by atoms with Crippen LogP contribution in [0.15, 0.2) is 88.7 Å². The molecule has 0 aliphatic rings. The van der Waals surface area contributed by atoms with Crippen LogP contribution in [0.25, 0.3) is 0 Å². The molecule has 0 aromatic heterocycles. The van der Waals surface area contributed by atoms with Gasteiger partial charge in [0.05, 0.1) is 0 Å². The van der Waals surface area contributed by atoms with Crippen LogP contribution in [0, 0.1) is 5.21 Å². The first kappa shape index (κ1) is 18.6. The highest BCUT2D eigenvalue weighted by molar-refractivity contribution is 7.99. The van der Waals surface area contributed by atoms with Gasteiger partial charge in [0.1, 0.15) is 0 Å². The number of hydroxylamine groups is 1. The van der Waals surface area contributed by atoms with Gasteiger partial charge >= 0.3 is 0 Å². The predicted molar refractivity (Wildman–Crippen MR) is 110 cm³/mol. The molecule has 3 aromatic rings. The Morgan fingerprint density at radius 2 is 1.54 bits per heavy atom. The number of halogens is 1. The van der Waals surface area contributed by atoms with Crippen LogP contribution in [-0.4, -0.2) is 17.0 Å². The lowest BCUT2D eigenvalue weighted by atomic mass is 10.1. The quantitative estimate of drug-likeness (QED) is 0.225. The minimum atomic E-state index is -0.187. The first-order chi connectivity index (χ1) is 12.6. The van der Waals surface area contributed by atoms with Crippen LogP contribution in [0.1, 0.15) is 18.1 Å². The highest BCUT2D eigenvalue weighted by Gasteiger charge is 2.12. The van der Waals surface area contributed by atoms with Gasteiger partial charge in [-0.05, 0) is 55.0 Å². The molecule has 0 aliphatic carbocycles. The van der Waals surface area contributed by atoms with Gasteiger partial charge in [-0.1, -0.05) is 59.8 Å². The fourth-order valence-corrected chi connectivity index (χ4v) is 3.64. The van der Waals surface area contributed by atoms with E-state index in [2.05, 4.69) is 12.1 Å². The lowest BCUT2D eigenvalue weighted by Crippen LogP contribution is -2.21. The summed E-state index contributed by atoms with van der Waals surface area (Å²) in [6.45, 7) is 1.91. The van der Waals surface area contributed by atoms with Crippen molar-refractivity contribution in [1.82, 2.24) is 0 Å². The van der Waals surface area contributed by atoms with Crippen LogP contribution >= 0.6 is 23.4 Å². The first-order valence-corrected chi connectivity index (χ1v) is 9.68. The summed E-state index contributed by atoms with van der Waals surface area (Å²) >= 11 is 7.89. The maximum atomic E-state index is 12.4. The molecule has 0 fully saturated rings. The molecule has 0 amide bonds. The number of nitrogens with zero attached hydrogens (tertiary/aromatic N) is 1.